The van der Waals surface area contributed by atoms with Gasteiger partial charge >= 0.3 is 0 Å². The Kier molecular flexibility index (Phi) is 13.0. The van der Waals surface area contributed by atoms with Crippen molar-refractivity contribution in [3.05, 3.63) is 327 Å². The Bertz CT molecular complexity index is 4240. The van der Waals surface area contributed by atoms with Crippen LogP contribution < -0.4 is 9.80 Å². The van der Waals surface area contributed by atoms with E-state index in [0.717, 1.165) is 101 Å². The Morgan fingerprint density at radius 2 is 0.537 bits per heavy atom. The highest BCUT2D eigenvalue weighted by Gasteiger charge is 2.26. The molecule has 2 heterocycles. The lowest BCUT2D eigenvalue weighted by atomic mass is 9.94. The molecule has 390 valence electrons. The van der Waals surface area contributed by atoms with Crippen LogP contribution >= 0.6 is 0 Å². The normalized spacial score (nSPS) is 11.3. The Morgan fingerprint density at radius 1 is 0.232 bits per heavy atom. The van der Waals surface area contributed by atoms with Crippen LogP contribution in [-0.4, -0.2) is 9.13 Å². The third-order valence-electron chi connectivity index (χ3n) is 15.8. The molecule has 0 amide bonds. The van der Waals surface area contributed by atoms with Gasteiger partial charge in [0.2, 0.25) is 0 Å². The van der Waals surface area contributed by atoms with Gasteiger partial charge in [0.15, 0.2) is 0 Å². The second-order valence-corrected chi connectivity index (χ2v) is 21.1. The number of hydrogen-bond donors (Lipinski definition) is 0. The van der Waals surface area contributed by atoms with Gasteiger partial charge in [0, 0.05) is 67.4 Å². The number of fused-ring (bicyclic) bond motifs is 2. The second-order valence-electron chi connectivity index (χ2n) is 21.1. The highest BCUT2D eigenvalue weighted by molar-refractivity contribution is 6.10. The molecule has 2 aromatic heterocycles. The summed E-state index contributed by atoms with van der Waals surface area (Å²) in [7, 11) is 0. The molecule has 0 spiro atoms. The first-order valence-electron chi connectivity index (χ1n) is 28.2. The minimum atomic E-state index is 1.08. The first-order valence-corrected chi connectivity index (χ1v) is 28.2. The number of nitrogens with zero attached hydrogens (tertiary/aromatic N) is 4. The lowest BCUT2D eigenvalue weighted by Gasteiger charge is -2.26. The molecule has 82 heavy (non-hydrogen) atoms. The summed E-state index contributed by atoms with van der Waals surface area (Å²) < 4.78 is 4.93. The fourth-order valence-corrected chi connectivity index (χ4v) is 12.1. The van der Waals surface area contributed by atoms with Crippen LogP contribution in [0.2, 0.25) is 0 Å². The first-order chi connectivity index (χ1) is 40.5. The average Bonchev–Trinajstić information content (AvgIpc) is 3.07. The van der Waals surface area contributed by atoms with Crippen LogP contribution in [0.15, 0.2) is 315 Å². The summed E-state index contributed by atoms with van der Waals surface area (Å²) in [5.41, 5.74) is 25.1. The van der Waals surface area contributed by atoms with Crippen LogP contribution in [0.3, 0.4) is 0 Å². The molecule has 14 aromatic rings. The van der Waals surface area contributed by atoms with Gasteiger partial charge in [0.05, 0.1) is 22.4 Å². The number of benzene rings is 12. The van der Waals surface area contributed by atoms with Crippen molar-refractivity contribution in [1.82, 2.24) is 9.13 Å². The zero-order valence-electron chi connectivity index (χ0n) is 45.8. The molecule has 0 aliphatic rings. The second kappa shape index (κ2) is 21.5. The summed E-state index contributed by atoms with van der Waals surface area (Å²) in [6.07, 6.45) is 0. The molecule has 0 aliphatic carbocycles. The quantitative estimate of drug-likeness (QED) is 0.114. The van der Waals surface area contributed by atoms with Crippen molar-refractivity contribution in [1.29, 1.82) is 0 Å². The molecule has 0 atom stereocenters. The first kappa shape index (κ1) is 49.6. The van der Waals surface area contributed by atoms with Crippen LogP contribution in [0.1, 0.15) is 11.1 Å². The Hall–Kier alpha value is -10.7. The van der Waals surface area contributed by atoms with E-state index in [4.69, 9.17) is 0 Å². The van der Waals surface area contributed by atoms with Gasteiger partial charge in [0.25, 0.3) is 0 Å². The molecule has 0 bridgehead atoms. The van der Waals surface area contributed by atoms with Gasteiger partial charge in [-0.15, -0.1) is 0 Å². The molecule has 14 rings (SSSR count). The molecule has 0 fully saturated rings. The van der Waals surface area contributed by atoms with E-state index < -0.39 is 0 Å². The van der Waals surface area contributed by atoms with E-state index >= 15 is 0 Å². The highest BCUT2D eigenvalue weighted by atomic mass is 15.1. The van der Waals surface area contributed by atoms with E-state index in [9.17, 15) is 0 Å². The van der Waals surface area contributed by atoms with Gasteiger partial charge < -0.3 is 18.9 Å². The Balaban J connectivity index is 0.953. The summed E-state index contributed by atoms with van der Waals surface area (Å²) in [4.78, 5) is 4.68. The minimum absolute atomic E-state index is 1.08. The number of anilines is 6. The van der Waals surface area contributed by atoms with E-state index in [-0.39, 0.29) is 0 Å². The zero-order chi connectivity index (χ0) is 54.9. The van der Waals surface area contributed by atoms with Crippen molar-refractivity contribution >= 4 is 55.9 Å². The van der Waals surface area contributed by atoms with E-state index in [1.807, 2.05) is 0 Å². The number of rotatable bonds is 13. The predicted molar refractivity (Wildman–Crippen MR) is 346 cm³/mol. The van der Waals surface area contributed by atoms with Crippen molar-refractivity contribution in [2.45, 2.75) is 13.8 Å². The minimum Gasteiger partial charge on any atom is -0.310 e. The predicted octanol–water partition coefficient (Wildman–Crippen LogP) is 21.5. The number of para-hydroxylation sites is 2. The van der Waals surface area contributed by atoms with Crippen LogP contribution in [-0.2, 0) is 0 Å². The van der Waals surface area contributed by atoms with Crippen molar-refractivity contribution < 1.29 is 0 Å². The molecule has 0 radical (unpaired) electrons. The lowest BCUT2D eigenvalue weighted by Crippen LogP contribution is -2.10. The van der Waals surface area contributed by atoms with Crippen LogP contribution in [0, 0.1) is 13.8 Å². The topological polar surface area (TPSA) is 16.3 Å². The van der Waals surface area contributed by atoms with Crippen molar-refractivity contribution in [3.8, 4) is 67.3 Å². The maximum absolute atomic E-state index is 2.47. The van der Waals surface area contributed by atoms with Gasteiger partial charge in [-0.25, -0.2) is 0 Å². The maximum Gasteiger partial charge on any atom is 0.0619 e. The van der Waals surface area contributed by atoms with E-state index in [0.29, 0.717) is 0 Å². The van der Waals surface area contributed by atoms with Gasteiger partial charge in [-0.2, -0.15) is 0 Å². The third kappa shape index (κ3) is 9.22. The fraction of sp³-hybridized carbons (Fsp3) is 0.0256. The molecule has 0 saturated heterocycles. The van der Waals surface area contributed by atoms with Crippen LogP contribution in [0.4, 0.5) is 34.1 Å². The SMILES string of the molecule is Cc1cccc(N(c2ccccc2)c2ccc(-n3c(-c4ccccc4)c(-c4ccccc4)c4cc(-c5ccc6c(c5)c(-c5ccccc5)c(-c5ccccc5)n6-c5ccc(N(c6ccccc6)c6cccc(C)c6)cc5)ccc43)cc2)c1. The lowest BCUT2D eigenvalue weighted by molar-refractivity contribution is 1.13. The highest BCUT2D eigenvalue weighted by Crippen LogP contribution is 2.48. The molecular weight excluding hydrogens is 993 g/mol. The van der Waals surface area contributed by atoms with Crippen molar-refractivity contribution in [2.75, 3.05) is 9.80 Å². The standard InChI is InChI=1S/C78H58N4/c1-55-23-21-37-69(51-55)79(63-33-17-7-18-34-63)65-41-45-67(46-42-65)81-73-49-39-61(53-71(73)75(57-25-9-3-10-26-57)77(81)59-29-13-5-14-30-59)62-40-50-74-72(54-62)76(58-27-11-4-12-28-58)78(60-31-15-6-16-32-60)82(74)68-47-43-66(44-48-68)80(64-35-19-8-20-36-64)70-38-22-24-56(2)52-70/h3-54H,1-2H3. The van der Waals surface area contributed by atoms with Gasteiger partial charge in [-0.3, -0.25) is 0 Å². The summed E-state index contributed by atoms with van der Waals surface area (Å²) in [6.45, 7) is 4.31. The molecule has 4 nitrogen and oxygen atoms in total. The smallest absolute Gasteiger partial charge is 0.0619 e. The molecular formula is C78H58N4. The maximum atomic E-state index is 2.47. The van der Waals surface area contributed by atoms with E-state index in [1.54, 1.807) is 0 Å². The van der Waals surface area contributed by atoms with Crippen molar-refractivity contribution in [3.63, 3.8) is 0 Å². The molecule has 0 unspecified atom stereocenters. The van der Waals surface area contributed by atoms with Crippen molar-refractivity contribution in [2.24, 2.45) is 0 Å². The van der Waals surface area contributed by atoms with Crippen LogP contribution in [0.5, 0.6) is 0 Å². The number of aromatic nitrogens is 2. The van der Waals surface area contributed by atoms with E-state index in [2.05, 4.69) is 348 Å². The molecule has 12 aromatic carbocycles. The zero-order valence-corrected chi connectivity index (χ0v) is 45.8. The van der Waals surface area contributed by atoms with Crippen LogP contribution in [0.25, 0.3) is 89.1 Å². The Morgan fingerprint density at radius 3 is 0.878 bits per heavy atom. The molecule has 0 saturated carbocycles. The van der Waals surface area contributed by atoms with Gasteiger partial charge in [-0.05, 0) is 180 Å². The monoisotopic (exact) mass is 1050 g/mol. The Labute approximate surface area is 480 Å². The molecule has 0 aliphatic heterocycles. The number of aryl methyl sites for hydroxylation is 2. The average molecular weight is 1050 g/mol. The van der Waals surface area contributed by atoms with E-state index in [1.165, 1.54) is 33.0 Å². The number of hydrogen-bond acceptors (Lipinski definition) is 2. The summed E-state index contributed by atoms with van der Waals surface area (Å²) in [6, 6.07) is 115. The van der Waals surface area contributed by atoms with Gasteiger partial charge in [0.1, 0.15) is 0 Å². The molecule has 4 heteroatoms. The largest absolute Gasteiger partial charge is 0.310 e. The third-order valence-corrected chi connectivity index (χ3v) is 15.8. The molecule has 0 N–H and O–H groups in total. The summed E-state index contributed by atoms with van der Waals surface area (Å²) in [5.74, 6) is 0. The fourth-order valence-electron chi connectivity index (χ4n) is 12.1. The summed E-state index contributed by atoms with van der Waals surface area (Å²) >= 11 is 0. The van der Waals surface area contributed by atoms with Gasteiger partial charge in [-0.1, -0.05) is 194 Å². The summed E-state index contributed by atoms with van der Waals surface area (Å²) in [5, 5.41) is 2.36.